The number of nitrogens with zero attached hydrogens (tertiary/aromatic N) is 1. The van der Waals surface area contributed by atoms with Gasteiger partial charge in [-0.05, 0) is 13.3 Å². The quantitative estimate of drug-likeness (QED) is 0.361. The number of nitrogens with one attached hydrogen (secondary N) is 2. The molecular formula is C21H39N3O. The summed E-state index contributed by atoms with van der Waals surface area (Å²) in [6, 6.07) is 1.51. The maximum atomic E-state index is 11.3. The van der Waals surface area contributed by atoms with E-state index in [9.17, 15) is 4.79 Å². The van der Waals surface area contributed by atoms with Crippen molar-refractivity contribution in [3.63, 3.8) is 0 Å². The number of rotatable bonds is 16. The first kappa shape index (κ1) is 21.7. The Morgan fingerprint density at radius 3 is 1.80 bits per heavy atom. The first-order chi connectivity index (χ1) is 12.2. The van der Waals surface area contributed by atoms with E-state index in [-0.39, 0.29) is 5.56 Å². The van der Waals surface area contributed by atoms with Crippen LogP contribution in [0, 0.1) is 6.92 Å². The van der Waals surface area contributed by atoms with Gasteiger partial charge in [-0.2, -0.15) is 0 Å². The third kappa shape index (κ3) is 12.7. The zero-order valence-electron chi connectivity index (χ0n) is 16.5. The van der Waals surface area contributed by atoms with Crippen LogP contribution in [0.3, 0.4) is 0 Å². The van der Waals surface area contributed by atoms with E-state index in [1.54, 1.807) is 0 Å². The van der Waals surface area contributed by atoms with Crippen molar-refractivity contribution in [2.24, 2.45) is 0 Å². The van der Waals surface area contributed by atoms with Gasteiger partial charge in [0.2, 0.25) is 5.95 Å². The maximum absolute atomic E-state index is 11.3. The predicted octanol–water partition coefficient (Wildman–Crippen LogP) is 5.97. The number of H-pyrrole nitrogens is 1. The van der Waals surface area contributed by atoms with Crippen LogP contribution in [0.1, 0.15) is 103 Å². The second-order valence-corrected chi connectivity index (χ2v) is 7.26. The van der Waals surface area contributed by atoms with Crippen molar-refractivity contribution in [1.82, 2.24) is 9.97 Å². The minimum Gasteiger partial charge on any atom is -0.356 e. The summed E-state index contributed by atoms with van der Waals surface area (Å²) in [5.74, 6) is 0.597. The lowest BCUT2D eigenvalue weighted by Crippen LogP contribution is -2.13. The molecule has 0 aliphatic heterocycles. The van der Waals surface area contributed by atoms with Gasteiger partial charge in [0.25, 0.3) is 5.56 Å². The number of aryl methyl sites for hydroxylation is 1. The van der Waals surface area contributed by atoms with E-state index in [0.29, 0.717) is 5.95 Å². The maximum Gasteiger partial charge on any atom is 0.252 e. The molecule has 1 aromatic heterocycles. The van der Waals surface area contributed by atoms with Gasteiger partial charge in [-0.25, -0.2) is 4.98 Å². The van der Waals surface area contributed by atoms with Gasteiger partial charge in [0.1, 0.15) is 0 Å². The summed E-state index contributed by atoms with van der Waals surface area (Å²) in [6.45, 7) is 5.00. The highest BCUT2D eigenvalue weighted by Gasteiger charge is 1.97. The van der Waals surface area contributed by atoms with E-state index in [1.165, 1.54) is 89.5 Å². The van der Waals surface area contributed by atoms with Crippen LogP contribution in [0.4, 0.5) is 5.95 Å². The Morgan fingerprint density at radius 1 is 0.840 bits per heavy atom. The molecular weight excluding hydrogens is 310 g/mol. The molecule has 0 spiro atoms. The molecule has 1 aromatic rings. The molecule has 0 amide bonds. The van der Waals surface area contributed by atoms with E-state index in [1.807, 2.05) is 6.92 Å². The average molecular weight is 350 g/mol. The number of hydrogen-bond donors (Lipinski definition) is 2. The number of aromatic nitrogens is 2. The number of anilines is 1. The van der Waals surface area contributed by atoms with Crippen LogP contribution in [0.2, 0.25) is 0 Å². The third-order valence-corrected chi connectivity index (χ3v) is 4.69. The predicted molar refractivity (Wildman–Crippen MR) is 108 cm³/mol. The van der Waals surface area contributed by atoms with E-state index >= 15 is 0 Å². The monoisotopic (exact) mass is 349 g/mol. The summed E-state index contributed by atoms with van der Waals surface area (Å²) in [6.07, 6.45) is 19.2. The molecule has 0 aliphatic rings. The molecule has 4 heteroatoms. The standard InChI is InChI=1S/C21H39N3O/c1-3-4-5-6-7-8-9-10-11-12-13-14-15-16-17-22-21-23-19(2)18-20(25)24-21/h18H,3-17H2,1-2H3,(H2,22,23,24,25). The van der Waals surface area contributed by atoms with E-state index in [0.717, 1.165) is 18.7 Å². The lowest BCUT2D eigenvalue weighted by Gasteiger charge is -2.06. The molecule has 0 aliphatic carbocycles. The first-order valence-corrected chi connectivity index (χ1v) is 10.5. The van der Waals surface area contributed by atoms with E-state index < -0.39 is 0 Å². The van der Waals surface area contributed by atoms with Crippen molar-refractivity contribution in [3.05, 3.63) is 22.1 Å². The molecule has 0 bridgehead atoms. The fraction of sp³-hybridized carbons (Fsp3) is 0.810. The van der Waals surface area contributed by atoms with Crippen LogP contribution in [0.25, 0.3) is 0 Å². The highest BCUT2D eigenvalue weighted by atomic mass is 16.1. The lowest BCUT2D eigenvalue weighted by molar-refractivity contribution is 0.537. The van der Waals surface area contributed by atoms with Gasteiger partial charge < -0.3 is 5.32 Å². The summed E-state index contributed by atoms with van der Waals surface area (Å²) < 4.78 is 0. The minimum atomic E-state index is -0.0871. The van der Waals surface area contributed by atoms with Gasteiger partial charge in [-0.3, -0.25) is 9.78 Å². The number of aromatic amines is 1. The Bertz CT molecular complexity index is 484. The largest absolute Gasteiger partial charge is 0.356 e. The van der Waals surface area contributed by atoms with Crippen molar-refractivity contribution in [2.75, 3.05) is 11.9 Å². The summed E-state index contributed by atoms with van der Waals surface area (Å²) in [7, 11) is 0. The number of unbranched alkanes of at least 4 members (excludes halogenated alkanes) is 13. The zero-order chi connectivity index (χ0) is 18.2. The van der Waals surface area contributed by atoms with Gasteiger partial charge in [0.05, 0.1) is 0 Å². The van der Waals surface area contributed by atoms with Gasteiger partial charge in [0, 0.05) is 18.3 Å². The Labute approximate surface area is 154 Å². The average Bonchev–Trinajstić information content (AvgIpc) is 2.57. The van der Waals surface area contributed by atoms with Crippen molar-refractivity contribution in [3.8, 4) is 0 Å². The summed E-state index contributed by atoms with van der Waals surface area (Å²) >= 11 is 0. The van der Waals surface area contributed by atoms with Gasteiger partial charge in [-0.1, -0.05) is 90.4 Å². The first-order valence-electron chi connectivity index (χ1n) is 10.5. The molecule has 25 heavy (non-hydrogen) atoms. The van der Waals surface area contributed by atoms with Crippen LogP contribution in [0.15, 0.2) is 10.9 Å². The lowest BCUT2D eigenvalue weighted by atomic mass is 10.0. The van der Waals surface area contributed by atoms with E-state index in [2.05, 4.69) is 22.2 Å². The summed E-state index contributed by atoms with van der Waals surface area (Å²) in [4.78, 5) is 18.3. The van der Waals surface area contributed by atoms with Crippen LogP contribution in [-0.2, 0) is 0 Å². The zero-order valence-corrected chi connectivity index (χ0v) is 16.5. The molecule has 0 fully saturated rings. The molecule has 0 radical (unpaired) electrons. The van der Waals surface area contributed by atoms with Gasteiger partial charge in [0.15, 0.2) is 0 Å². The molecule has 1 rings (SSSR count). The summed E-state index contributed by atoms with van der Waals surface area (Å²) in [5.41, 5.74) is 0.670. The van der Waals surface area contributed by atoms with Gasteiger partial charge >= 0.3 is 0 Å². The fourth-order valence-corrected chi connectivity index (χ4v) is 3.19. The molecule has 0 atom stereocenters. The Hall–Kier alpha value is -1.32. The van der Waals surface area contributed by atoms with Crippen molar-refractivity contribution in [2.45, 2.75) is 104 Å². The summed E-state index contributed by atoms with van der Waals surface area (Å²) in [5, 5.41) is 3.20. The minimum absolute atomic E-state index is 0.0871. The van der Waals surface area contributed by atoms with Crippen LogP contribution < -0.4 is 10.9 Å². The second kappa shape index (κ2) is 15.0. The van der Waals surface area contributed by atoms with Gasteiger partial charge in [-0.15, -0.1) is 0 Å². The normalized spacial score (nSPS) is 11.0. The SMILES string of the molecule is CCCCCCCCCCCCCCCCNc1nc(C)cc(=O)[nH]1. The topological polar surface area (TPSA) is 57.8 Å². The molecule has 0 saturated carbocycles. The van der Waals surface area contributed by atoms with Crippen LogP contribution >= 0.6 is 0 Å². The Balaban J connectivity index is 1.82. The van der Waals surface area contributed by atoms with Crippen molar-refractivity contribution in [1.29, 1.82) is 0 Å². The van der Waals surface area contributed by atoms with E-state index in [4.69, 9.17) is 0 Å². The molecule has 2 N–H and O–H groups in total. The molecule has 4 nitrogen and oxygen atoms in total. The van der Waals surface area contributed by atoms with Crippen molar-refractivity contribution >= 4 is 5.95 Å². The smallest absolute Gasteiger partial charge is 0.252 e. The van der Waals surface area contributed by atoms with Crippen LogP contribution in [-0.4, -0.2) is 16.5 Å². The highest BCUT2D eigenvalue weighted by Crippen LogP contribution is 2.12. The number of hydrogen-bond acceptors (Lipinski definition) is 3. The van der Waals surface area contributed by atoms with Crippen LogP contribution in [0.5, 0.6) is 0 Å². The van der Waals surface area contributed by atoms with Crippen molar-refractivity contribution < 1.29 is 0 Å². The molecule has 144 valence electrons. The molecule has 0 saturated heterocycles. The molecule has 1 heterocycles. The highest BCUT2D eigenvalue weighted by molar-refractivity contribution is 5.24. The third-order valence-electron chi connectivity index (χ3n) is 4.69. The molecule has 0 unspecified atom stereocenters. The Kier molecular flexibility index (Phi) is 13.0. The Morgan fingerprint density at radius 2 is 1.32 bits per heavy atom. The second-order valence-electron chi connectivity index (χ2n) is 7.26. The fourth-order valence-electron chi connectivity index (χ4n) is 3.19. The molecule has 0 aromatic carbocycles.